The fraction of sp³-hybridized carbons (Fsp3) is 0.286. The van der Waals surface area contributed by atoms with Crippen molar-refractivity contribution in [3.05, 3.63) is 47.0 Å². The van der Waals surface area contributed by atoms with Gasteiger partial charge in [0.15, 0.2) is 0 Å². The second kappa shape index (κ2) is 8.57. The quantitative estimate of drug-likeness (QED) is 0.694. The van der Waals surface area contributed by atoms with Gasteiger partial charge in [-0.2, -0.15) is 5.26 Å². The molecule has 1 fully saturated rings. The minimum Gasteiger partial charge on any atom is -0.481 e. The molecule has 148 valence electrons. The van der Waals surface area contributed by atoms with Gasteiger partial charge in [-0.15, -0.1) is 11.3 Å². The van der Waals surface area contributed by atoms with E-state index in [0.717, 1.165) is 49.0 Å². The zero-order valence-corrected chi connectivity index (χ0v) is 16.9. The van der Waals surface area contributed by atoms with E-state index >= 15 is 0 Å². The lowest BCUT2D eigenvalue weighted by Gasteiger charge is -2.26. The van der Waals surface area contributed by atoms with Crippen LogP contribution in [0, 0.1) is 11.3 Å². The number of pyridine rings is 2. The molecule has 1 aliphatic rings. The Labute approximate surface area is 173 Å². The Morgan fingerprint density at radius 3 is 2.83 bits per heavy atom. The molecule has 0 radical (unpaired) electrons. The van der Waals surface area contributed by atoms with Gasteiger partial charge >= 0.3 is 0 Å². The topological polar surface area (TPSA) is 97.3 Å². The van der Waals surface area contributed by atoms with Crippen LogP contribution in [0.2, 0.25) is 0 Å². The van der Waals surface area contributed by atoms with Crippen molar-refractivity contribution in [2.24, 2.45) is 0 Å². The van der Waals surface area contributed by atoms with Crippen molar-refractivity contribution in [3.8, 4) is 33.6 Å². The summed E-state index contributed by atoms with van der Waals surface area (Å²) < 4.78 is 10.5. The molecule has 29 heavy (non-hydrogen) atoms. The number of nitrogen functional groups attached to an aromatic ring is 1. The van der Waals surface area contributed by atoms with Crippen LogP contribution in [0.15, 0.2) is 35.8 Å². The molecule has 4 rings (SSSR count). The Morgan fingerprint density at radius 1 is 1.31 bits per heavy atom. The van der Waals surface area contributed by atoms with Crippen molar-refractivity contribution in [1.29, 1.82) is 5.26 Å². The van der Waals surface area contributed by atoms with Gasteiger partial charge in [0, 0.05) is 43.0 Å². The summed E-state index contributed by atoms with van der Waals surface area (Å²) >= 11 is 1.63. The lowest BCUT2D eigenvalue weighted by Crippen LogP contribution is -2.35. The molecule has 8 heteroatoms. The number of hydrogen-bond acceptors (Lipinski definition) is 8. The lowest BCUT2D eigenvalue weighted by molar-refractivity contribution is 0.0342. The van der Waals surface area contributed by atoms with E-state index < -0.39 is 0 Å². The van der Waals surface area contributed by atoms with Gasteiger partial charge < -0.3 is 15.2 Å². The molecule has 0 unspecified atom stereocenters. The molecule has 0 bridgehead atoms. The molecular weight excluding hydrogens is 386 g/mol. The van der Waals surface area contributed by atoms with Crippen molar-refractivity contribution in [1.82, 2.24) is 14.9 Å². The smallest absolute Gasteiger partial charge is 0.212 e. The number of nitrogens with zero attached hydrogens (tertiary/aromatic N) is 4. The van der Waals surface area contributed by atoms with Crippen LogP contribution < -0.4 is 10.5 Å². The standard InChI is InChI=1S/C21H21N5O2S/c1-27-20-3-2-15(11-24-20)16-9-18(25-21(23)17(16)10-22)19-8-14(13-29-19)12-26-4-6-28-7-5-26/h2-3,8-9,11,13H,4-7,12H2,1H3,(H2,23,25). The van der Waals surface area contributed by atoms with Gasteiger partial charge in [0.05, 0.1) is 30.9 Å². The summed E-state index contributed by atoms with van der Waals surface area (Å²) in [5.41, 5.74) is 9.98. The number of ether oxygens (including phenoxy) is 2. The second-order valence-electron chi connectivity index (χ2n) is 6.72. The summed E-state index contributed by atoms with van der Waals surface area (Å²) in [6.07, 6.45) is 1.68. The minimum absolute atomic E-state index is 0.221. The highest BCUT2D eigenvalue weighted by Gasteiger charge is 2.16. The third kappa shape index (κ3) is 4.22. The highest BCUT2D eigenvalue weighted by molar-refractivity contribution is 7.13. The average Bonchev–Trinajstić information content (AvgIpc) is 3.22. The first-order valence-electron chi connectivity index (χ1n) is 9.27. The summed E-state index contributed by atoms with van der Waals surface area (Å²) in [7, 11) is 1.57. The van der Waals surface area contributed by atoms with Gasteiger partial charge in [0.1, 0.15) is 17.5 Å². The van der Waals surface area contributed by atoms with Crippen molar-refractivity contribution < 1.29 is 9.47 Å². The lowest BCUT2D eigenvalue weighted by atomic mass is 10.0. The number of hydrogen-bond donors (Lipinski definition) is 1. The van der Waals surface area contributed by atoms with Crippen LogP contribution in [0.25, 0.3) is 21.7 Å². The Kier molecular flexibility index (Phi) is 5.71. The molecule has 3 aromatic rings. The first-order chi connectivity index (χ1) is 14.2. The van der Waals surface area contributed by atoms with E-state index in [-0.39, 0.29) is 5.82 Å². The number of nitrogens with two attached hydrogens (primary N) is 1. The number of nitriles is 1. The first kappa shape index (κ1) is 19.3. The van der Waals surface area contributed by atoms with Crippen molar-refractivity contribution in [3.63, 3.8) is 0 Å². The van der Waals surface area contributed by atoms with E-state index in [9.17, 15) is 5.26 Å². The first-order valence-corrected chi connectivity index (χ1v) is 10.1. The third-order valence-electron chi connectivity index (χ3n) is 4.83. The summed E-state index contributed by atoms with van der Waals surface area (Å²) in [6, 6.07) is 9.84. The Morgan fingerprint density at radius 2 is 2.14 bits per heavy atom. The molecule has 7 nitrogen and oxygen atoms in total. The molecular formula is C21H21N5O2S. The number of rotatable bonds is 5. The predicted octanol–water partition coefficient (Wildman–Crippen LogP) is 3.17. The fourth-order valence-corrected chi connectivity index (χ4v) is 4.17. The van der Waals surface area contributed by atoms with Gasteiger partial charge in [-0.1, -0.05) is 0 Å². The van der Waals surface area contributed by atoms with Crippen LogP contribution in [0.4, 0.5) is 5.82 Å². The maximum Gasteiger partial charge on any atom is 0.212 e. The summed E-state index contributed by atoms with van der Waals surface area (Å²) in [6.45, 7) is 4.35. The van der Waals surface area contributed by atoms with E-state index in [1.165, 1.54) is 5.56 Å². The summed E-state index contributed by atoms with van der Waals surface area (Å²) in [4.78, 5) is 12.1. The van der Waals surface area contributed by atoms with E-state index in [1.54, 1.807) is 30.7 Å². The van der Waals surface area contributed by atoms with E-state index in [2.05, 4.69) is 32.4 Å². The van der Waals surface area contributed by atoms with Gasteiger partial charge in [-0.05, 0) is 29.1 Å². The monoisotopic (exact) mass is 407 g/mol. The number of morpholine rings is 1. The highest BCUT2D eigenvalue weighted by atomic mass is 32.1. The van der Waals surface area contributed by atoms with Crippen LogP contribution >= 0.6 is 11.3 Å². The normalized spacial score (nSPS) is 14.5. The van der Waals surface area contributed by atoms with Crippen LogP contribution in [0.3, 0.4) is 0 Å². The maximum absolute atomic E-state index is 9.58. The molecule has 3 aromatic heterocycles. The largest absolute Gasteiger partial charge is 0.481 e. The zero-order valence-electron chi connectivity index (χ0n) is 16.1. The second-order valence-corrected chi connectivity index (χ2v) is 7.64. The van der Waals surface area contributed by atoms with E-state index in [1.807, 2.05) is 12.1 Å². The van der Waals surface area contributed by atoms with Gasteiger partial charge in [0.2, 0.25) is 5.88 Å². The molecule has 0 atom stereocenters. The summed E-state index contributed by atoms with van der Waals surface area (Å²) in [5.74, 6) is 0.736. The van der Waals surface area contributed by atoms with Crippen LogP contribution in [0.1, 0.15) is 11.1 Å². The third-order valence-corrected chi connectivity index (χ3v) is 5.83. The fourth-order valence-electron chi connectivity index (χ4n) is 3.31. The summed E-state index contributed by atoms with van der Waals surface area (Å²) in [5, 5.41) is 11.7. The molecule has 2 N–H and O–H groups in total. The Balaban J connectivity index is 1.66. The van der Waals surface area contributed by atoms with Crippen LogP contribution in [-0.4, -0.2) is 48.3 Å². The van der Waals surface area contributed by atoms with Gasteiger partial charge in [-0.3, -0.25) is 4.90 Å². The molecule has 0 amide bonds. The van der Waals surface area contributed by atoms with E-state index in [4.69, 9.17) is 15.2 Å². The Bertz CT molecular complexity index is 1040. The highest BCUT2D eigenvalue weighted by Crippen LogP contribution is 2.34. The van der Waals surface area contributed by atoms with Crippen molar-refractivity contribution >= 4 is 17.2 Å². The van der Waals surface area contributed by atoms with Crippen molar-refractivity contribution in [2.45, 2.75) is 6.54 Å². The molecule has 0 saturated carbocycles. The average molecular weight is 407 g/mol. The molecule has 1 saturated heterocycles. The SMILES string of the molecule is COc1ccc(-c2cc(-c3cc(CN4CCOCC4)cs3)nc(N)c2C#N)cn1. The van der Waals surface area contributed by atoms with Gasteiger partial charge in [0.25, 0.3) is 0 Å². The minimum atomic E-state index is 0.221. The molecule has 0 aliphatic carbocycles. The molecule has 4 heterocycles. The van der Waals surface area contributed by atoms with Crippen LogP contribution in [-0.2, 0) is 11.3 Å². The van der Waals surface area contributed by atoms with Crippen LogP contribution in [0.5, 0.6) is 5.88 Å². The zero-order chi connectivity index (χ0) is 20.2. The van der Waals surface area contributed by atoms with Crippen molar-refractivity contribution in [2.75, 3.05) is 39.1 Å². The number of anilines is 1. The number of methoxy groups -OCH3 is 1. The Hall–Kier alpha value is -2.99. The predicted molar refractivity (Wildman–Crippen MR) is 113 cm³/mol. The number of aromatic nitrogens is 2. The maximum atomic E-state index is 9.58. The number of thiophene rings is 1. The van der Waals surface area contributed by atoms with Gasteiger partial charge in [-0.25, -0.2) is 9.97 Å². The van der Waals surface area contributed by atoms with E-state index in [0.29, 0.717) is 17.0 Å². The molecule has 0 spiro atoms. The molecule has 0 aromatic carbocycles. The molecule has 1 aliphatic heterocycles.